The number of aromatic nitrogens is 3. The van der Waals surface area contributed by atoms with E-state index in [9.17, 15) is 19.4 Å². The van der Waals surface area contributed by atoms with E-state index >= 15 is 0 Å². The topological polar surface area (TPSA) is 103 Å². The van der Waals surface area contributed by atoms with Crippen molar-refractivity contribution in [1.29, 1.82) is 0 Å². The Bertz CT molecular complexity index is 935. The van der Waals surface area contributed by atoms with Crippen molar-refractivity contribution in [2.24, 2.45) is 5.41 Å². The Labute approximate surface area is 175 Å². The number of nitrogens with zero attached hydrogens (tertiary/aromatic N) is 4. The summed E-state index contributed by atoms with van der Waals surface area (Å²) in [6, 6.07) is 0.584. The van der Waals surface area contributed by atoms with Crippen LogP contribution < -0.4 is 5.32 Å². The predicted octanol–water partition coefficient (Wildman–Crippen LogP) is 3.47. The smallest absolute Gasteiger partial charge is 0.407 e. The van der Waals surface area contributed by atoms with Crippen molar-refractivity contribution in [2.45, 2.75) is 77.0 Å². The van der Waals surface area contributed by atoms with Gasteiger partial charge in [-0.2, -0.15) is 0 Å². The Kier molecular flexibility index (Phi) is 5.34. The molecule has 8 nitrogen and oxygen atoms in total. The van der Waals surface area contributed by atoms with Crippen LogP contribution in [0.2, 0.25) is 0 Å². The molecule has 1 saturated heterocycles. The second-order valence-corrected chi connectivity index (χ2v) is 9.59. The zero-order valence-electron chi connectivity index (χ0n) is 17.7. The fourth-order valence-electron chi connectivity index (χ4n) is 5.06. The molecule has 2 aromatic rings. The van der Waals surface area contributed by atoms with E-state index in [4.69, 9.17) is 0 Å². The summed E-state index contributed by atoms with van der Waals surface area (Å²) in [5.74, 6) is 0.267. The first kappa shape index (κ1) is 20.8. The van der Waals surface area contributed by atoms with Crippen LogP contribution in [0, 0.1) is 11.2 Å². The van der Waals surface area contributed by atoms with Gasteiger partial charge in [0.15, 0.2) is 5.82 Å². The van der Waals surface area contributed by atoms with Gasteiger partial charge in [-0.15, -0.1) is 5.10 Å². The number of aliphatic hydroxyl groups excluding tert-OH is 1. The number of rotatable bonds is 3. The highest BCUT2D eigenvalue weighted by atomic mass is 19.1. The quantitative estimate of drug-likeness (QED) is 0.704. The first-order valence-electron chi connectivity index (χ1n) is 10.6. The van der Waals surface area contributed by atoms with Crippen LogP contribution in [0.1, 0.15) is 64.5 Å². The van der Waals surface area contributed by atoms with E-state index in [1.165, 1.54) is 11.1 Å². The molecule has 0 radical (unpaired) electrons. The highest BCUT2D eigenvalue weighted by molar-refractivity contribution is 5.66. The lowest BCUT2D eigenvalue weighted by Gasteiger charge is -2.47. The average Bonchev–Trinajstić information content (AvgIpc) is 3.30. The van der Waals surface area contributed by atoms with Gasteiger partial charge in [-0.25, -0.2) is 18.7 Å². The highest BCUT2D eigenvalue weighted by Crippen LogP contribution is 2.36. The fourth-order valence-corrected chi connectivity index (χ4v) is 5.06. The minimum atomic E-state index is -1.03. The van der Waals surface area contributed by atoms with Crippen molar-refractivity contribution in [2.75, 3.05) is 11.9 Å². The lowest BCUT2D eigenvalue weighted by atomic mass is 9.77. The molecule has 3 N–H and O–H groups in total. The van der Waals surface area contributed by atoms with E-state index in [2.05, 4.69) is 15.4 Å². The van der Waals surface area contributed by atoms with Gasteiger partial charge in [0.25, 0.3) is 0 Å². The number of nitrogens with one attached hydrogen (secondary N) is 1. The number of hydrogen-bond acceptors (Lipinski definition) is 5. The summed E-state index contributed by atoms with van der Waals surface area (Å²) in [6.45, 7) is 6.05. The molecule has 9 heteroatoms. The fraction of sp³-hybridized carbons (Fsp3) is 0.667. The minimum Gasteiger partial charge on any atom is -0.465 e. The van der Waals surface area contributed by atoms with Crippen LogP contribution in [0.4, 0.5) is 15.1 Å². The van der Waals surface area contributed by atoms with Gasteiger partial charge in [0.05, 0.1) is 24.4 Å². The number of likely N-dealkylation sites (tertiary alicyclic amines) is 1. The second-order valence-electron chi connectivity index (χ2n) is 9.59. The molecule has 4 rings (SSSR count). The van der Waals surface area contributed by atoms with Crippen LogP contribution in [0.15, 0.2) is 12.3 Å². The summed E-state index contributed by atoms with van der Waals surface area (Å²) in [6.07, 6.45) is 4.26. The van der Waals surface area contributed by atoms with Crippen molar-refractivity contribution in [1.82, 2.24) is 19.5 Å². The molecule has 2 aromatic heterocycles. The van der Waals surface area contributed by atoms with E-state index in [1.54, 1.807) is 10.6 Å². The predicted molar refractivity (Wildman–Crippen MR) is 110 cm³/mol. The summed E-state index contributed by atoms with van der Waals surface area (Å²) in [5, 5.41) is 28.3. The number of piperidine rings is 1. The van der Waals surface area contributed by atoms with Crippen LogP contribution in [0.25, 0.3) is 5.52 Å². The molecule has 0 aromatic carbocycles. The van der Waals surface area contributed by atoms with Crippen molar-refractivity contribution in [3.63, 3.8) is 0 Å². The number of halogens is 1. The third-order valence-corrected chi connectivity index (χ3v) is 6.47. The molecule has 1 aliphatic heterocycles. The average molecular weight is 420 g/mol. The molecule has 164 valence electrons. The molecule has 2 aliphatic rings. The number of anilines is 1. The lowest BCUT2D eigenvalue weighted by Crippen LogP contribution is -2.62. The highest BCUT2D eigenvalue weighted by Gasteiger charge is 2.45. The first-order valence-corrected chi connectivity index (χ1v) is 10.6. The van der Waals surface area contributed by atoms with Gasteiger partial charge in [0.1, 0.15) is 5.52 Å². The van der Waals surface area contributed by atoms with Gasteiger partial charge in [-0.3, -0.25) is 0 Å². The maximum absolute atomic E-state index is 14.4. The zero-order chi connectivity index (χ0) is 21.6. The normalized spacial score (nSPS) is 25.8. The summed E-state index contributed by atoms with van der Waals surface area (Å²) < 4.78 is 16.0. The van der Waals surface area contributed by atoms with Crippen LogP contribution in [0.3, 0.4) is 0 Å². The maximum atomic E-state index is 14.4. The van der Waals surface area contributed by atoms with Crippen molar-refractivity contribution in [3.8, 4) is 0 Å². The Balaban J connectivity index is 1.60. The molecule has 1 aliphatic carbocycles. The molecule has 3 heterocycles. The van der Waals surface area contributed by atoms with Crippen LogP contribution in [-0.4, -0.2) is 60.5 Å². The van der Waals surface area contributed by atoms with Gasteiger partial charge in [-0.1, -0.05) is 33.6 Å². The van der Waals surface area contributed by atoms with E-state index in [-0.39, 0.29) is 5.82 Å². The lowest BCUT2D eigenvalue weighted by molar-refractivity contribution is -0.0372. The number of amides is 1. The molecular formula is C21H30FN5O3. The Morgan fingerprint density at radius 3 is 2.60 bits per heavy atom. The Morgan fingerprint density at radius 1 is 1.27 bits per heavy atom. The van der Waals surface area contributed by atoms with Gasteiger partial charge < -0.3 is 20.4 Å². The number of fused-ring (bicyclic) bond motifs is 1. The van der Waals surface area contributed by atoms with E-state index in [0.717, 1.165) is 31.4 Å². The molecule has 1 saturated carbocycles. The largest absolute Gasteiger partial charge is 0.465 e. The standard InChI is InChI=1S/C21H30FN5O3/c1-21(2,3)18-17(28)14(8-9-26(18)20(29)30)24-19-23-11-16-13(22)10-15(27(16)25-19)12-6-4-5-7-12/h10-12,14,17-18,28H,4-9H2,1-3H3,(H,24,25)(H,29,30)/t14-,17-,18?/m1/s1. The zero-order valence-corrected chi connectivity index (χ0v) is 17.7. The molecule has 30 heavy (non-hydrogen) atoms. The summed E-state index contributed by atoms with van der Waals surface area (Å²) >= 11 is 0. The maximum Gasteiger partial charge on any atom is 0.407 e. The van der Waals surface area contributed by atoms with Gasteiger partial charge >= 0.3 is 6.09 Å². The number of hydrogen-bond donors (Lipinski definition) is 3. The summed E-state index contributed by atoms with van der Waals surface area (Å²) in [5.41, 5.74) is 0.762. The molecule has 3 atom stereocenters. The SMILES string of the molecule is CC(C)(C)C1[C@H](O)[C@H](Nc2ncc3c(F)cc(C4CCCC4)n3n2)CCN1C(=O)O. The Morgan fingerprint density at radius 2 is 1.97 bits per heavy atom. The van der Waals surface area contributed by atoms with Gasteiger partial charge in [-0.05, 0) is 30.7 Å². The van der Waals surface area contributed by atoms with Crippen LogP contribution in [0.5, 0.6) is 0 Å². The second kappa shape index (κ2) is 7.68. The number of aliphatic hydroxyl groups is 1. The molecular weight excluding hydrogens is 389 g/mol. The molecule has 1 unspecified atom stereocenters. The Hall–Kier alpha value is -2.42. The molecule has 0 bridgehead atoms. The molecule has 1 amide bonds. The van der Waals surface area contributed by atoms with Crippen molar-refractivity contribution < 1.29 is 19.4 Å². The monoisotopic (exact) mass is 419 g/mol. The van der Waals surface area contributed by atoms with Crippen LogP contribution in [-0.2, 0) is 0 Å². The number of carboxylic acid groups (broad SMARTS) is 1. The minimum absolute atomic E-state index is 0.291. The number of carbonyl (C=O) groups is 1. The van der Waals surface area contributed by atoms with E-state index in [0.29, 0.717) is 30.3 Å². The van der Waals surface area contributed by atoms with Crippen molar-refractivity contribution >= 4 is 17.6 Å². The van der Waals surface area contributed by atoms with Gasteiger partial charge in [0.2, 0.25) is 5.95 Å². The summed E-state index contributed by atoms with van der Waals surface area (Å²) in [4.78, 5) is 17.2. The third kappa shape index (κ3) is 3.71. The summed E-state index contributed by atoms with van der Waals surface area (Å²) in [7, 11) is 0. The third-order valence-electron chi connectivity index (χ3n) is 6.47. The molecule has 2 fully saturated rings. The molecule has 0 spiro atoms. The van der Waals surface area contributed by atoms with E-state index in [1.807, 2.05) is 20.8 Å². The van der Waals surface area contributed by atoms with E-state index < -0.39 is 29.7 Å². The van der Waals surface area contributed by atoms with Gasteiger partial charge in [0, 0.05) is 18.2 Å². The van der Waals surface area contributed by atoms with Crippen molar-refractivity contribution in [3.05, 3.63) is 23.8 Å². The van der Waals surface area contributed by atoms with Crippen LogP contribution >= 0.6 is 0 Å². The first-order chi connectivity index (χ1) is 14.2.